The molecule has 2 rings (SSSR count). The molecule has 1 aromatic rings. The maximum atomic E-state index is 12.0. The molecule has 0 saturated carbocycles. The zero-order valence-electron chi connectivity index (χ0n) is 9.35. The van der Waals surface area contributed by atoms with Gasteiger partial charge in [-0.2, -0.15) is 0 Å². The van der Waals surface area contributed by atoms with Gasteiger partial charge in [0.25, 0.3) is 5.91 Å². The van der Waals surface area contributed by atoms with E-state index >= 15 is 0 Å². The summed E-state index contributed by atoms with van der Waals surface area (Å²) in [7, 11) is 1.95. The molecular weight excluding hydrogens is 224 g/mol. The van der Waals surface area contributed by atoms with Crippen LogP contribution in [-0.4, -0.2) is 37.0 Å². The van der Waals surface area contributed by atoms with Crippen LogP contribution >= 0.6 is 12.4 Å². The van der Waals surface area contributed by atoms with E-state index < -0.39 is 0 Å². The lowest BCUT2D eigenvalue weighted by Gasteiger charge is -2.16. The predicted octanol–water partition coefficient (Wildman–Crippen LogP) is 1.54. The Labute approximate surface area is 102 Å². The lowest BCUT2D eigenvalue weighted by Crippen LogP contribution is -2.33. The highest BCUT2D eigenvalue weighted by molar-refractivity contribution is 5.94. The number of carbonyl (C=O) groups excluding carboxylic acids is 1. The fraction of sp³-hybridized carbons (Fsp3) is 0.417. The summed E-state index contributed by atoms with van der Waals surface area (Å²) in [5.74, 6) is 0.147. The van der Waals surface area contributed by atoms with Gasteiger partial charge in [-0.25, -0.2) is 0 Å². The summed E-state index contributed by atoms with van der Waals surface area (Å²) in [6.45, 7) is 1.68. The fourth-order valence-electron chi connectivity index (χ4n) is 1.94. The number of nitrogens with one attached hydrogen (secondary N) is 1. The van der Waals surface area contributed by atoms with Crippen molar-refractivity contribution in [2.75, 3.05) is 20.1 Å². The second-order valence-electron chi connectivity index (χ2n) is 3.89. The van der Waals surface area contributed by atoms with Crippen LogP contribution in [0.4, 0.5) is 0 Å². The van der Waals surface area contributed by atoms with Gasteiger partial charge in [-0.1, -0.05) is 18.2 Å². The van der Waals surface area contributed by atoms with Crippen molar-refractivity contribution in [2.24, 2.45) is 0 Å². The van der Waals surface area contributed by atoms with Crippen LogP contribution in [-0.2, 0) is 0 Å². The van der Waals surface area contributed by atoms with Crippen LogP contribution in [0.2, 0.25) is 0 Å². The van der Waals surface area contributed by atoms with Crippen molar-refractivity contribution in [2.45, 2.75) is 12.5 Å². The molecule has 1 aliphatic rings. The Kier molecular flexibility index (Phi) is 4.77. The van der Waals surface area contributed by atoms with Gasteiger partial charge in [-0.05, 0) is 25.6 Å². The molecule has 0 aliphatic carbocycles. The largest absolute Gasteiger partial charge is 0.337 e. The van der Waals surface area contributed by atoms with Crippen molar-refractivity contribution in [1.29, 1.82) is 0 Å². The van der Waals surface area contributed by atoms with Crippen LogP contribution in [0.1, 0.15) is 16.8 Å². The van der Waals surface area contributed by atoms with Crippen LogP contribution in [0.25, 0.3) is 0 Å². The molecule has 1 aromatic carbocycles. The number of benzene rings is 1. The van der Waals surface area contributed by atoms with Gasteiger partial charge < -0.3 is 10.2 Å². The van der Waals surface area contributed by atoms with Crippen LogP contribution in [0, 0.1) is 0 Å². The zero-order chi connectivity index (χ0) is 10.7. The molecule has 0 radical (unpaired) electrons. The van der Waals surface area contributed by atoms with Gasteiger partial charge in [0.2, 0.25) is 0 Å². The molecule has 1 fully saturated rings. The maximum Gasteiger partial charge on any atom is 0.253 e. The van der Waals surface area contributed by atoms with Gasteiger partial charge in [0, 0.05) is 24.7 Å². The Morgan fingerprint density at radius 2 is 2.06 bits per heavy atom. The second kappa shape index (κ2) is 5.87. The van der Waals surface area contributed by atoms with Crippen molar-refractivity contribution >= 4 is 18.3 Å². The lowest BCUT2D eigenvalue weighted by atomic mass is 10.2. The molecule has 1 N–H and O–H groups in total. The Balaban J connectivity index is 0.00000128. The highest BCUT2D eigenvalue weighted by Gasteiger charge is 2.25. The third-order valence-corrected chi connectivity index (χ3v) is 2.90. The van der Waals surface area contributed by atoms with Crippen molar-refractivity contribution in [3.63, 3.8) is 0 Å². The van der Waals surface area contributed by atoms with Gasteiger partial charge in [0.15, 0.2) is 0 Å². The highest BCUT2D eigenvalue weighted by atomic mass is 35.5. The summed E-state index contributed by atoms with van der Waals surface area (Å²) in [4.78, 5) is 13.9. The van der Waals surface area contributed by atoms with Gasteiger partial charge in [-0.15, -0.1) is 12.4 Å². The number of likely N-dealkylation sites (N-methyl/N-ethyl adjacent to an activating group) is 1. The van der Waals surface area contributed by atoms with E-state index in [4.69, 9.17) is 0 Å². The normalized spacial score (nSPS) is 19.3. The fourth-order valence-corrected chi connectivity index (χ4v) is 1.94. The molecule has 1 unspecified atom stereocenters. The molecule has 1 aliphatic heterocycles. The van der Waals surface area contributed by atoms with E-state index in [2.05, 4.69) is 5.32 Å². The van der Waals surface area contributed by atoms with E-state index in [-0.39, 0.29) is 18.3 Å². The number of carbonyl (C=O) groups is 1. The van der Waals surface area contributed by atoms with E-state index in [9.17, 15) is 4.79 Å². The number of nitrogens with zero attached hydrogens (tertiary/aromatic N) is 1. The number of hydrogen-bond donors (Lipinski definition) is 1. The van der Waals surface area contributed by atoms with Gasteiger partial charge in [0.1, 0.15) is 0 Å². The summed E-state index contributed by atoms with van der Waals surface area (Å²) in [6.07, 6.45) is 1.05. The van der Waals surface area contributed by atoms with Crippen molar-refractivity contribution in [3.05, 3.63) is 35.9 Å². The molecular formula is C12H17ClN2O. The molecule has 1 heterocycles. The molecule has 0 spiro atoms. The summed E-state index contributed by atoms with van der Waals surface area (Å²) in [5.41, 5.74) is 0.786. The number of halogens is 1. The Bertz CT molecular complexity index is 342. The summed E-state index contributed by atoms with van der Waals surface area (Å²) in [6, 6.07) is 9.93. The van der Waals surface area contributed by atoms with Gasteiger partial charge >= 0.3 is 0 Å². The van der Waals surface area contributed by atoms with Crippen LogP contribution in [0.3, 0.4) is 0 Å². The molecule has 1 atom stereocenters. The Morgan fingerprint density at radius 1 is 1.38 bits per heavy atom. The molecule has 3 nitrogen and oxygen atoms in total. The monoisotopic (exact) mass is 240 g/mol. The van der Waals surface area contributed by atoms with E-state index in [0.29, 0.717) is 6.04 Å². The number of likely N-dealkylation sites (tertiary alicyclic amines) is 1. The quantitative estimate of drug-likeness (QED) is 0.851. The van der Waals surface area contributed by atoms with Crippen molar-refractivity contribution < 1.29 is 4.79 Å². The Hall–Kier alpha value is -1.06. The first kappa shape index (κ1) is 13.0. The predicted molar refractivity (Wildman–Crippen MR) is 67.1 cm³/mol. The molecule has 0 bridgehead atoms. The summed E-state index contributed by atoms with van der Waals surface area (Å²) < 4.78 is 0. The second-order valence-corrected chi connectivity index (χ2v) is 3.89. The molecule has 1 saturated heterocycles. The van der Waals surface area contributed by atoms with Crippen molar-refractivity contribution in [1.82, 2.24) is 10.2 Å². The maximum absolute atomic E-state index is 12.0. The van der Waals surface area contributed by atoms with Crippen LogP contribution in [0.15, 0.2) is 30.3 Å². The smallest absolute Gasteiger partial charge is 0.253 e. The molecule has 88 valence electrons. The lowest BCUT2D eigenvalue weighted by molar-refractivity contribution is 0.0789. The first-order valence-electron chi connectivity index (χ1n) is 5.33. The first-order chi connectivity index (χ1) is 7.31. The molecule has 1 amide bonds. The minimum Gasteiger partial charge on any atom is -0.337 e. The first-order valence-corrected chi connectivity index (χ1v) is 5.33. The topological polar surface area (TPSA) is 32.3 Å². The molecule has 4 heteroatoms. The third kappa shape index (κ3) is 2.74. The van der Waals surface area contributed by atoms with Crippen LogP contribution < -0.4 is 5.32 Å². The minimum atomic E-state index is 0. The third-order valence-electron chi connectivity index (χ3n) is 2.90. The average molecular weight is 241 g/mol. The van der Waals surface area contributed by atoms with Gasteiger partial charge in [0.05, 0.1) is 0 Å². The van der Waals surface area contributed by atoms with Crippen molar-refractivity contribution in [3.8, 4) is 0 Å². The molecule has 16 heavy (non-hydrogen) atoms. The number of rotatable bonds is 2. The Morgan fingerprint density at radius 3 is 2.62 bits per heavy atom. The number of hydrogen-bond acceptors (Lipinski definition) is 2. The standard InChI is InChI=1S/C12H16N2O.ClH/c1-13-11-7-8-14(9-11)12(15)10-5-3-2-4-6-10;/h2-6,11,13H,7-9H2,1H3;1H. The number of amides is 1. The van der Waals surface area contributed by atoms with E-state index in [1.165, 1.54) is 0 Å². The van der Waals surface area contributed by atoms with Crippen LogP contribution in [0.5, 0.6) is 0 Å². The average Bonchev–Trinajstić information content (AvgIpc) is 2.78. The molecule has 0 aromatic heterocycles. The highest BCUT2D eigenvalue weighted by Crippen LogP contribution is 2.12. The summed E-state index contributed by atoms with van der Waals surface area (Å²) >= 11 is 0. The minimum absolute atomic E-state index is 0. The van der Waals surface area contributed by atoms with E-state index in [1.807, 2.05) is 42.3 Å². The van der Waals surface area contributed by atoms with E-state index in [1.54, 1.807) is 0 Å². The SMILES string of the molecule is CNC1CCN(C(=O)c2ccccc2)C1.Cl. The van der Waals surface area contributed by atoms with E-state index in [0.717, 1.165) is 25.1 Å². The van der Waals surface area contributed by atoms with Gasteiger partial charge in [-0.3, -0.25) is 4.79 Å². The zero-order valence-corrected chi connectivity index (χ0v) is 10.2. The summed E-state index contributed by atoms with van der Waals surface area (Å²) in [5, 5.41) is 3.21.